The largest absolute Gasteiger partial charge is 0.491 e. The van der Waals surface area contributed by atoms with Crippen molar-refractivity contribution in [3.8, 4) is 71.7 Å². The number of aliphatic carboxylic acids is 1. The van der Waals surface area contributed by atoms with Gasteiger partial charge in [-0.15, -0.1) is 113 Å². The van der Waals surface area contributed by atoms with Gasteiger partial charge in [-0.05, 0) is 166 Å². The summed E-state index contributed by atoms with van der Waals surface area (Å²) in [6.45, 7) is 20.8. The van der Waals surface area contributed by atoms with E-state index < -0.39 is 5.97 Å². The molecule has 0 aliphatic carbocycles. The van der Waals surface area contributed by atoms with Crippen molar-refractivity contribution in [3.05, 3.63) is 165 Å². The molecule has 10 nitrogen and oxygen atoms in total. The Bertz CT molecular complexity index is 5130. The van der Waals surface area contributed by atoms with Crippen LogP contribution in [0.5, 0.6) is 5.75 Å². The SMILES string of the molecule is [C-]#[N+]/C(=C\c1nc(CCCCCC)c(-c2cc3sc4cc(-c5cc(CCC)c(-c6ccc(N(c7ccc(OC(C)C)cc7)c7ccc(-c8sc(-c9cc%10sc%11cc(-c%12sc(/C=C(\C#N)OC=O)nc%12CCCCCC)sc%11c%10s9)cc8CCC)cc7)cc6)s5)sc4c3s2)s1)C(=O)O. The van der Waals surface area contributed by atoms with Gasteiger partial charge in [0.2, 0.25) is 5.76 Å². The molecular weight excluding hydrogens is 1400 g/mol. The molecule has 0 amide bonds. The topological polar surface area (TPSA) is 130 Å². The van der Waals surface area contributed by atoms with Crippen LogP contribution in [0.25, 0.3) is 114 Å². The summed E-state index contributed by atoms with van der Waals surface area (Å²) in [5.74, 6) is -0.463. The van der Waals surface area contributed by atoms with Crippen molar-refractivity contribution in [2.45, 2.75) is 138 Å². The molecule has 20 heteroatoms. The van der Waals surface area contributed by atoms with Gasteiger partial charge in [0, 0.05) is 81.0 Å². The van der Waals surface area contributed by atoms with Crippen molar-refractivity contribution in [1.82, 2.24) is 9.97 Å². The molecule has 97 heavy (non-hydrogen) atoms. The molecule has 10 heterocycles. The van der Waals surface area contributed by atoms with Crippen LogP contribution in [0.3, 0.4) is 0 Å². The third-order valence-corrected chi connectivity index (χ3v) is 29.4. The molecule has 13 aromatic rings. The number of carboxylic acid groups (broad SMARTS) is 1. The number of hydrogen-bond donors (Lipinski definition) is 1. The maximum Gasteiger partial charge on any atom is 0.333 e. The van der Waals surface area contributed by atoms with Gasteiger partial charge < -0.3 is 19.5 Å². The second-order valence-corrected chi connectivity index (χ2v) is 34.5. The molecule has 0 saturated heterocycles. The molecule has 0 unspecified atom stereocenters. The van der Waals surface area contributed by atoms with Crippen LogP contribution in [0.4, 0.5) is 17.1 Å². The van der Waals surface area contributed by atoms with E-state index in [-0.39, 0.29) is 24.0 Å². The molecule has 0 fully saturated rings. The summed E-state index contributed by atoms with van der Waals surface area (Å²) in [4.78, 5) is 50.6. The number of thiophene rings is 8. The van der Waals surface area contributed by atoms with Crippen molar-refractivity contribution >= 4 is 193 Å². The number of nitriles is 1. The Morgan fingerprint density at radius 3 is 1.36 bits per heavy atom. The smallest absolute Gasteiger partial charge is 0.333 e. The Balaban J connectivity index is 0.777. The van der Waals surface area contributed by atoms with E-state index in [2.05, 4.69) is 160 Å². The Morgan fingerprint density at radius 1 is 0.536 bits per heavy atom. The molecule has 0 aliphatic rings. The second-order valence-electron chi connectivity index (χ2n) is 24.0. The Kier molecular flexibility index (Phi) is 21.6. The van der Waals surface area contributed by atoms with E-state index in [0.29, 0.717) is 10.0 Å². The first-order valence-electron chi connectivity index (χ1n) is 32.8. The lowest BCUT2D eigenvalue weighted by atomic mass is 10.0. The predicted octanol–water partition coefficient (Wildman–Crippen LogP) is 26.5. The van der Waals surface area contributed by atoms with Crippen LogP contribution >= 0.6 is 113 Å². The number of benzene rings is 3. The number of anilines is 3. The molecule has 0 bridgehead atoms. The lowest BCUT2D eigenvalue weighted by Gasteiger charge is -2.26. The minimum absolute atomic E-state index is 0.0598. The van der Waals surface area contributed by atoms with E-state index in [1.165, 1.54) is 118 Å². The number of thiazole rings is 2. The summed E-state index contributed by atoms with van der Waals surface area (Å²) in [5.41, 5.74) is 9.99. The number of aryl methyl sites for hydroxylation is 4. The summed E-state index contributed by atoms with van der Waals surface area (Å²) in [7, 11) is 0. The highest BCUT2D eigenvalue weighted by atomic mass is 32.1. The molecule has 0 aliphatic heterocycles. The lowest BCUT2D eigenvalue weighted by molar-refractivity contribution is -0.132. The quantitative estimate of drug-likeness (QED) is 0.0117. The van der Waals surface area contributed by atoms with Crippen molar-refractivity contribution < 1.29 is 24.2 Å². The van der Waals surface area contributed by atoms with E-state index >= 15 is 0 Å². The lowest BCUT2D eigenvalue weighted by Crippen LogP contribution is -2.10. The summed E-state index contributed by atoms with van der Waals surface area (Å²) >= 11 is 17.9. The molecule has 13 rings (SSSR count). The van der Waals surface area contributed by atoms with Crippen LogP contribution in [-0.4, -0.2) is 33.6 Å². The fraction of sp³-hybridized carbons (Fsp3) is 0.273. The number of carbonyl (C=O) groups is 2. The van der Waals surface area contributed by atoms with Crippen LogP contribution in [0.1, 0.15) is 138 Å². The van der Waals surface area contributed by atoms with Gasteiger partial charge >= 0.3 is 5.97 Å². The molecule has 0 spiro atoms. The van der Waals surface area contributed by atoms with E-state index in [0.717, 1.165) is 132 Å². The maximum absolute atomic E-state index is 11.8. The Morgan fingerprint density at radius 2 is 0.959 bits per heavy atom. The van der Waals surface area contributed by atoms with E-state index in [4.69, 9.17) is 26.0 Å². The molecule has 492 valence electrons. The van der Waals surface area contributed by atoms with Gasteiger partial charge in [0.15, 0.2) is 0 Å². The maximum atomic E-state index is 11.8. The zero-order chi connectivity index (χ0) is 67.3. The molecular formula is C77H69N5O5S10. The minimum atomic E-state index is -1.23. The summed E-state index contributed by atoms with van der Waals surface area (Å²) in [5, 5.41) is 20.5. The molecule has 3 aromatic carbocycles. The molecule has 0 saturated carbocycles. The zero-order valence-corrected chi connectivity index (χ0v) is 62.7. The number of carbonyl (C=O) groups excluding carboxylic acids is 1. The highest BCUT2D eigenvalue weighted by Gasteiger charge is 2.25. The number of rotatable bonds is 30. The number of nitrogens with zero attached hydrogens (tertiary/aromatic N) is 5. The average molecular weight is 1470 g/mol. The third-order valence-electron chi connectivity index (χ3n) is 16.6. The molecule has 1 N–H and O–H groups in total. The number of unbranched alkanes of at least 4 members (excludes halogenated alkanes) is 6. The van der Waals surface area contributed by atoms with Gasteiger partial charge in [0.1, 0.15) is 21.8 Å². The summed E-state index contributed by atoms with van der Waals surface area (Å²) in [6, 6.07) is 42.9. The van der Waals surface area contributed by atoms with Crippen molar-refractivity contribution in [2.75, 3.05) is 4.90 Å². The van der Waals surface area contributed by atoms with Crippen LogP contribution < -0.4 is 9.64 Å². The van der Waals surface area contributed by atoms with Gasteiger partial charge in [-0.1, -0.05) is 103 Å². The number of allylic oxidation sites excluding steroid dienone is 1. The van der Waals surface area contributed by atoms with E-state index in [1.807, 2.05) is 85.4 Å². The first-order valence-corrected chi connectivity index (χ1v) is 41.0. The average Bonchev–Trinajstić information content (AvgIpc) is 1.60. The van der Waals surface area contributed by atoms with Crippen molar-refractivity contribution in [3.63, 3.8) is 0 Å². The molecule has 10 aromatic heterocycles. The molecule has 0 radical (unpaired) electrons. The van der Waals surface area contributed by atoms with Gasteiger partial charge in [0.25, 0.3) is 12.2 Å². The predicted molar refractivity (Wildman–Crippen MR) is 421 cm³/mol. The van der Waals surface area contributed by atoms with Gasteiger partial charge in [-0.2, -0.15) is 5.26 Å². The zero-order valence-electron chi connectivity index (χ0n) is 54.5. The monoisotopic (exact) mass is 1460 g/mol. The van der Waals surface area contributed by atoms with Crippen molar-refractivity contribution in [1.29, 1.82) is 5.26 Å². The van der Waals surface area contributed by atoms with Crippen molar-refractivity contribution in [2.24, 2.45) is 0 Å². The Labute approximate surface area is 605 Å². The van der Waals surface area contributed by atoms with Crippen LogP contribution in [-0.2, 0) is 40.0 Å². The molecule has 0 atom stereocenters. The minimum Gasteiger partial charge on any atom is -0.491 e. The number of aromatic nitrogens is 2. The highest BCUT2D eigenvalue weighted by Crippen LogP contribution is 2.54. The van der Waals surface area contributed by atoms with Crippen LogP contribution in [0.15, 0.2) is 121 Å². The number of hydrogen-bond acceptors (Lipinski definition) is 18. The number of fused-ring (bicyclic) bond motifs is 6. The first kappa shape index (κ1) is 68.1. The van der Waals surface area contributed by atoms with Gasteiger partial charge in [0.05, 0.1) is 52.6 Å². The van der Waals surface area contributed by atoms with Gasteiger partial charge in [-0.3, -0.25) is 9.59 Å². The Hall–Kier alpha value is -7.44. The second kappa shape index (κ2) is 30.8. The number of ether oxygens (including phenoxy) is 2. The van der Waals surface area contributed by atoms with Crippen LogP contribution in [0.2, 0.25) is 0 Å². The van der Waals surface area contributed by atoms with E-state index in [1.54, 1.807) is 28.7 Å². The first-order chi connectivity index (χ1) is 47.3. The standard InChI is InChI=1S/C77H69N5O5S10/c1-8-12-14-16-20-54-71(96-67(80-54)36-53(42-78)86-43-83)61-40-65-75(94-61)73-63(88-65)38-59(92-73)57-34-47(18-10-3)69(90-57)45-22-26-49(27-23-45)82(51-30-32-52(33-31-51)87-44(5)6)50-28-24-46(25-29-50)70-48(19-11-4)35-58(91-70)60-39-64-74(93-60)76-66(89-64)41-62(95-76)72-55(21-17-15-13-9-2)81-68(97-72)37-56(79-7)77(84)85/h22-41,43-44H,8-21H2,1-6H3,(H,84,85)/b53-36+,56-37-. The van der Waals surface area contributed by atoms with Crippen LogP contribution in [0, 0.1) is 17.9 Å². The third kappa shape index (κ3) is 14.8. The number of carboxylic acids is 1. The van der Waals surface area contributed by atoms with E-state index in [9.17, 15) is 20.0 Å². The normalized spacial score (nSPS) is 12.1. The van der Waals surface area contributed by atoms with Gasteiger partial charge in [-0.25, -0.2) is 14.8 Å². The summed E-state index contributed by atoms with van der Waals surface area (Å²) in [6.07, 6.45) is 17.7. The summed E-state index contributed by atoms with van der Waals surface area (Å²) < 4.78 is 21.4. The fourth-order valence-corrected chi connectivity index (χ4v) is 25.1. The highest BCUT2D eigenvalue weighted by molar-refractivity contribution is 7.42. The fourth-order valence-electron chi connectivity index (χ4n) is 12.1.